The fourth-order valence-corrected chi connectivity index (χ4v) is 2.88. The van der Waals surface area contributed by atoms with Gasteiger partial charge in [-0.05, 0) is 42.3 Å². The lowest BCUT2D eigenvalue weighted by Crippen LogP contribution is -2.20. The van der Waals surface area contributed by atoms with Crippen LogP contribution in [-0.4, -0.2) is 25.5 Å². The number of rotatable bonds is 9. The standard InChI is InChI=1S/C24H24N2O4/c1-29-21-12-5-6-13-22(21)30-17-24(28)26-20-11-7-10-19(16-20)25-23(27)15-14-18-8-3-2-4-9-18/h2-13,16H,14-15,17H2,1H3,(H,25,27)(H,26,28). The van der Waals surface area contributed by atoms with Crippen LogP contribution in [0.3, 0.4) is 0 Å². The van der Waals surface area contributed by atoms with E-state index >= 15 is 0 Å². The topological polar surface area (TPSA) is 76.7 Å². The van der Waals surface area contributed by atoms with Gasteiger partial charge in [-0.3, -0.25) is 9.59 Å². The van der Waals surface area contributed by atoms with E-state index < -0.39 is 0 Å². The Kier molecular flexibility index (Phi) is 7.44. The molecule has 3 aromatic rings. The number of ether oxygens (including phenoxy) is 2. The van der Waals surface area contributed by atoms with E-state index in [1.807, 2.05) is 36.4 Å². The second-order valence-corrected chi connectivity index (χ2v) is 6.60. The van der Waals surface area contributed by atoms with Crippen LogP contribution in [-0.2, 0) is 16.0 Å². The van der Waals surface area contributed by atoms with Crippen LogP contribution in [0.5, 0.6) is 11.5 Å². The van der Waals surface area contributed by atoms with Crippen LogP contribution in [0.4, 0.5) is 11.4 Å². The number of hydrogen-bond acceptors (Lipinski definition) is 4. The van der Waals surface area contributed by atoms with Crippen LogP contribution in [0.25, 0.3) is 0 Å². The molecule has 0 radical (unpaired) electrons. The molecule has 0 bridgehead atoms. The Morgan fingerprint density at radius 2 is 1.40 bits per heavy atom. The normalized spacial score (nSPS) is 10.2. The van der Waals surface area contributed by atoms with Gasteiger partial charge in [0.25, 0.3) is 5.91 Å². The van der Waals surface area contributed by atoms with Crippen molar-refractivity contribution in [2.75, 3.05) is 24.4 Å². The van der Waals surface area contributed by atoms with Crippen LogP contribution in [0.1, 0.15) is 12.0 Å². The van der Waals surface area contributed by atoms with E-state index in [9.17, 15) is 9.59 Å². The van der Waals surface area contributed by atoms with E-state index in [-0.39, 0.29) is 18.4 Å². The van der Waals surface area contributed by atoms with Crippen molar-refractivity contribution in [2.24, 2.45) is 0 Å². The van der Waals surface area contributed by atoms with Gasteiger partial charge < -0.3 is 20.1 Å². The lowest BCUT2D eigenvalue weighted by Gasteiger charge is -2.11. The molecule has 6 nitrogen and oxygen atoms in total. The summed E-state index contributed by atoms with van der Waals surface area (Å²) in [6.45, 7) is -0.159. The molecule has 0 atom stereocenters. The zero-order valence-electron chi connectivity index (χ0n) is 16.8. The SMILES string of the molecule is COc1ccccc1OCC(=O)Nc1cccc(NC(=O)CCc2ccccc2)c1. The minimum Gasteiger partial charge on any atom is -0.493 e. The molecule has 0 heterocycles. The number of nitrogens with one attached hydrogen (secondary N) is 2. The van der Waals surface area contributed by atoms with Crippen LogP contribution in [0, 0.1) is 0 Å². The molecular weight excluding hydrogens is 380 g/mol. The third-order valence-corrected chi connectivity index (χ3v) is 4.34. The van der Waals surface area contributed by atoms with Crippen molar-refractivity contribution in [1.29, 1.82) is 0 Å². The minimum atomic E-state index is -0.312. The van der Waals surface area contributed by atoms with Crippen molar-refractivity contribution in [3.8, 4) is 11.5 Å². The molecule has 0 aliphatic carbocycles. The number of aryl methyl sites for hydroxylation is 1. The molecular formula is C24H24N2O4. The number of amides is 2. The molecule has 154 valence electrons. The predicted octanol–water partition coefficient (Wildman–Crippen LogP) is 4.28. The number of benzene rings is 3. The summed E-state index contributed by atoms with van der Waals surface area (Å²) >= 11 is 0. The van der Waals surface area contributed by atoms with E-state index in [0.717, 1.165) is 5.56 Å². The first kappa shape index (κ1) is 20.9. The summed E-state index contributed by atoms with van der Waals surface area (Å²) in [5.74, 6) is 0.662. The van der Waals surface area contributed by atoms with E-state index in [1.54, 1.807) is 49.6 Å². The molecule has 30 heavy (non-hydrogen) atoms. The first-order chi connectivity index (χ1) is 14.6. The molecule has 0 fully saturated rings. The van der Waals surface area contributed by atoms with Gasteiger partial charge in [0.05, 0.1) is 7.11 Å². The molecule has 0 aliphatic rings. The van der Waals surface area contributed by atoms with Gasteiger partial charge in [-0.15, -0.1) is 0 Å². The zero-order valence-corrected chi connectivity index (χ0v) is 16.8. The lowest BCUT2D eigenvalue weighted by atomic mass is 10.1. The van der Waals surface area contributed by atoms with E-state index in [2.05, 4.69) is 10.6 Å². The first-order valence-corrected chi connectivity index (χ1v) is 9.63. The van der Waals surface area contributed by atoms with Crippen molar-refractivity contribution in [2.45, 2.75) is 12.8 Å². The number of methoxy groups -OCH3 is 1. The Morgan fingerprint density at radius 3 is 2.10 bits per heavy atom. The number of carbonyl (C=O) groups excluding carboxylic acids is 2. The van der Waals surface area contributed by atoms with E-state index in [4.69, 9.17) is 9.47 Å². The average molecular weight is 404 g/mol. The quantitative estimate of drug-likeness (QED) is 0.558. The molecule has 0 aliphatic heterocycles. The van der Waals surface area contributed by atoms with Crippen LogP contribution in [0.2, 0.25) is 0 Å². The number of anilines is 2. The molecule has 0 spiro atoms. The maximum atomic E-state index is 12.2. The van der Waals surface area contributed by atoms with Crippen LogP contribution < -0.4 is 20.1 Å². The van der Waals surface area contributed by atoms with Gasteiger partial charge >= 0.3 is 0 Å². The van der Waals surface area contributed by atoms with Crippen molar-refractivity contribution in [1.82, 2.24) is 0 Å². The van der Waals surface area contributed by atoms with Gasteiger partial charge in [-0.25, -0.2) is 0 Å². The maximum Gasteiger partial charge on any atom is 0.262 e. The summed E-state index contributed by atoms with van der Waals surface area (Å²) in [5, 5.41) is 5.63. The number of hydrogen-bond donors (Lipinski definition) is 2. The molecule has 6 heteroatoms. The Balaban J connectivity index is 1.49. The highest BCUT2D eigenvalue weighted by atomic mass is 16.5. The number of carbonyl (C=O) groups is 2. The minimum absolute atomic E-state index is 0.0816. The summed E-state index contributed by atoms with van der Waals surface area (Å²) in [6, 6.07) is 24.0. The molecule has 2 amide bonds. The average Bonchev–Trinajstić information content (AvgIpc) is 2.77. The Bertz CT molecular complexity index is 989. The molecule has 3 rings (SSSR count). The van der Waals surface area contributed by atoms with E-state index in [0.29, 0.717) is 35.7 Å². The summed E-state index contributed by atoms with van der Waals surface area (Å²) in [7, 11) is 1.54. The summed E-state index contributed by atoms with van der Waals surface area (Å²) < 4.78 is 10.7. The summed E-state index contributed by atoms with van der Waals surface area (Å²) in [4.78, 5) is 24.4. The highest BCUT2D eigenvalue weighted by Crippen LogP contribution is 2.25. The van der Waals surface area contributed by atoms with Crippen LogP contribution in [0.15, 0.2) is 78.9 Å². The smallest absolute Gasteiger partial charge is 0.262 e. The Labute approximate surface area is 175 Å². The largest absolute Gasteiger partial charge is 0.493 e. The molecule has 3 aromatic carbocycles. The Hall–Kier alpha value is -3.80. The van der Waals surface area contributed by atoms with Crippen LogP contribution >= 0.6 is 0 Å². The van der Waals surface area contributed by atoms with Crippen molar-refractivity contribution >= 4 is 23.2 Å². The highest BCUT2D eigenvalue weighted by Gasteiger charge is 2.09. The van der Waals surface area contributed by atoms with Gasteiger partial charge in [0.15, 0.2) is 18.1 Å². The fourth-order valence-electron chi connectivity index (χ4n) is 2.88. The molecule has 0 aromatic heterocycles. The second-order valence-electron chi connectivity index (χ2n) is 6.60. The third-order valence-electron chi connectivity index (χ3n) is 4.34. The number of para-hydroxylation sites is 2. The summed E-state index contributed by atoms with van der Waals surface area (Å²) in [6.07, 6.45) is 1.05. The van der Waals surface area contributed by atoms with Crippen molar-refractivity contribution < 1.29 is 19.1 Å². The third kappa shape index (κ3) is 6.38. The molecule has 0 saturated carbocycles. The first-order valence-electron chi connectivity index (χ1n) is 9.63. The predicted molar refractivity (Wildman–Crippen MR) is 117 cm³/mol. The zero-order chi connectivity index (χ0) is 21.2. The molecule has 0 saturated heterocycles. The second kappa shape index (κ2) is 10.7. The summed E-state index contributed by atoms with van der Waals surface area (Å²) in [5.41, 5.74) is 2.31. The molecule has 2 N–H and O–H groups in total. The van der Waals surface area contributed by atoms with Gasteiger partial charge in [0.2, 0.25) is 5.91 Å². The van der Waals surface area contributed by atoms with Crippen molar-refractivity contribution in [3.63, 3.8) is 0 Å². The van der Waals surface area contributed by atoms with Gasteiger partial charge in [-0.2, -0.15) is 0 Å². The maximum absolute atomic E-state index is 12.2. The Morgan fingerprint density at radius 1 is 0.767 bits per heavy atom. The lowest BCUT2D eigenvalue weighted by molar-refractivity contribution is -0.118. The van der Waals surface area contributed by atoms with E-state index in [1.165, 1.54) is 0 Å². The molecule has 0 unspecified atom stereocenters. The van der Waals surface area contributed by atoms with Crippen molar-refractivity contribution in [3.05, 3.63) is 84.4 Å². The highest BCUT2D eigenvalue weighted by molar-refractivity contribution is 5.94. The fraction of sp³-hybridized carbons (Fsp3) is 0.167. The monoisotopic (exact) mass is 404 g/mol. The van der Waals surface area contributed by atoms with Gasteiger partial charge in [-0.1, -0.05) is 48.5 Å². The van der Waals surface area contributed by atoms with Gasteiger partial charge in [0.1, 0.15) is 0 Å². The van der Waals surface area contributed by atoms with Gasteiger partial charge in [0, 0.05) is 17.8 Å².